The van der Waals surface area contributed by atoms with Gasteiger partial charge in [-0.15, -0.1) is 0 Å². The van der Waals surface area contributed by atoms with Gasteiger partial charge in [-0.1, -0.05) is 41.9 Å². The highest BCUT2D eigenvalue weighted by Crippen LogP contribution is 2.31. The van der Waals surface area contributed by atoms with E-state index in [0.29, 0.717) is 26.3 Å². The van der Waals surface area contributed by atoms with Gasteiger partial charge in [-0.3, -0.25) is 0 Å². The first-order chi connectivity index (χ1) is 11.3. The first kappa shape index (κ1) is 17.6. The minimum Gasteiger partial charge on any atom is -0.493 e. The third-order valence-electron chi connectivity index (χ3n) is 3.40. The van der Waals surface area contributed by atoms with Crippen molar-refractivity contribution in [3.63, 3.8) is 0 Å². The third-order valence-corrected chi connectivity index (χ3v) is 3.77. The van der Waals surface area contributed by atoms with Crippen molar-refractivity contribution in [1.29, 1.82) is 0 Å². The van der Waals surface area contributed by atoms with Gasteiger partial charge in [0, 0.05) is 30.8 Å². The quantitative estimate of drug-likeness (QED) is 0.710. The van der Waals surface area contributed by atoms with Crippen LogP contribution in [0.2, 0.25) is 5.02 Å². The Bertz CT molecular complexity index is 619. The smallest absolute Gasteiger partial charge is 0.165 e. The summed E-state index contributed by atoms with van der Waals surface area (Å²) in [7, 11) is 3.29. The van der Waals surface area contributed by atoms with E-state index in [1.807, 2.05) is 42.5 Å². The summed E-state index contributed by atoms with van der Waals surface area (Å²) in [5, 5.41) is 4.16. The SMILES string of the molecule is COCCOc1c(CNCc2ccccc2Cl)cccc1OC. The molecule has 0 saturated heterocycles. The van der Waals surface area contributed by atoms with Gasteiger partial charge >= 0.3 is 0 Å². The molecule has 0 aliphatic carbocycles. The largest absolute Gasteiger partial charge is 0.493 e. The zero-order valence-electron chi connectivity index (χ0n) is 13.5. The molecule has 0 heterocycles. The molecule has 0 amide bonds. The Kier molecular flexibility index (Phi) is 7.20. The Hall–Kier alpha value is -1.75. The van der Waals surface area contributed by atoms with Crippen molar-refractivity contribution >= 4 is 11.6 Å². The predicted octanol–water partition coefficient (Wildman–Crippen LogP) is 3.66. The second-order valence-corrected chi connectivity index (χ2v) is 5.39. The van der Waals surface area contributed by atoms with Crippen LogP contribution in [-0.4, -0.2) is 27.4 Å². The van der Waals surface area contributed by atoms with Gasteiger partial charge in [-0.25, -0.2) is 0 Å². The van der Waals surface area contributed by atoms with Gasteiger partial charge in [0.2, 0.25) is 0 Å². The third kappa shape index (κ3) is 5.13. The number of para-hydroxylation sites is 1. The molecule has 0 spiro atoms. The topological polar surface area (TPSA) is 39.7 Å². The van der Waals surface area contributed by atoms with Crippen molar-refractivity contribution in [3.8, 4) is 11.5 Å². The Morgan fingerprint density at radius 1 is 0.913 bits per heavy atom. The van der Waals surface area contributed by atoms with Crippen molar-refractivity contribution in [1.82, 2.24) is 5.32 Å². The molecule has 2 rings (SSSR count). The summed E-state index contributed by atoms with van der Waals surface area (Å²) >= 11 is 6.17. The van der Waals surface area contributed by atoms with Gasteiger partial charge in [0.1, 0.15) is 6.61 Å². The van der Waals surface area contributed by atoms with E-state index in [1.165, 1.54) is 0 Å². The highest BCUT2D eigenvalue weighted by molar-refractivity contribution is 6.31. The molecule has 0 fully saturated rings. The summed E-state index contributed by atoms with van der Waals surface area (Å²) in [6, 6.07) is 13.7. The number of methoxy groups -OCH3 is 2. The van der Waals surface area contributed by atoms with E-state index in [4.69, 9.17) is 25.8 Å². The number of nitrogens with one attached hydrogen (secondary N) is 1. The first-order valence-electron chi connectivity index (χ1n) is 7.48. The molecule has 1 N–H and O–H groups in total. The van der Waals surface area contributed by atoms with Gasteiger partial charge in [-0.2, -0.15) is 0 Å². The van der Waals surface area contributed by atoms with Crippen LogP contribution in [0.4, 0.5) is 0 Å². The molecular formula is C18H22ClNO3. The fraction of sp³-hybridized carbons (Fsp3) is 0.333. The number of rotatable bonds is 9. The van der Waals surface area contributed by atoms with E-state index >= 15 is 0 Å². The van der Waals surface area contributed by atoms with E-state index in [2.05, 4.69) is 5.32 Å². The Balaban J connectivity index is 2.02. The molecule has 23 heavy (non-hydrogen) atoms. The van der Waals surface area contributed by atoms with Crippen molar-refractivity contribution in [3.05, 3.63) is 58.6 Å². The Labute approximate surface area is 142 Å². The fourth-order valence-corrected chi connectivity index (χ4v) is 2.43. The normalized spacial score (nSPS) is 10.6. The van der Waals surface area contributed by atoms with E-state index in [-0.39, 0.29) is 0 Å². The molecule has 0 bridgehead atoms. The van der Waals surface area contributed by atoms with Crippen molar-refractivity contribution in [2.75, 3.05) is 27.4 Å². The minimum atomic E-state index is 0.481. The molecule has 4 nitrogen and oxygen atoms in total. The number of benzene rings is 2. The van der Waals surface area contributed by atoms with E-state index in [1.54, 1.807) is 14.2 Å². The van der Waals surface area contributed by atoms with Crippen molar-refractivity contribution < 1.29 is 14.2 Å². The summed E-state index contributed by atoms with van der Waals surface area (Å²) in [6.07, 6.45) is 0. The number of ether oxygens (including phenoxy) is 3. The number of hydrogen-bond acceptors (Lipinski definition) is 4. The van der Waals surface area contributed by atoms with Gasteiger partial charge < -0.3 is 19.5 Å². The summed E-state index contributed by atoms with van der Waals surface area (Å²) in [4.78, 5) is 0. The average molecular weight is 336 g/mol. The van der Waals surface area contributed by atoms with Crippen LogP contribution in [0.3, 0.4) is 0 Å². The lowest BCUT2D eigenvalue weighted by atomic mass is 10.1. The molecule has 124 valence electrons. The molecule has 0 unspecified atom stereocenters. The Morgan fingerprint density at radius 2 is 1.65 bits per heavy atom. The van der Waals surface area contributed by atoms with Crippen molar-refractivity contribution in [2.45, 2.75) is 13.1 Å². The summed E-state index contributed by atoms with van der Waals surface area (Å²) in [5.74, 6) is 1.47. The van der Waals surface area contributed by atoms with Crippen LogP contribution in [0, 0.1) is 0 Å². The summed E-state index contributed by atoms with van der Waals surface area (Å²) in [6.45, 7) is 2.36. The maximum atomic E-state index is 6.17. The second-order valence-electron chi connectivity index (χ2n) is 4.98. The van der Waals surface area contributed by atoms with E-state index in [9.17, 15) is 0 Å². The maximum absolute atomic E-state index is 6.17. The molecule has 5 heteroatoms. The van der Waals surface area contributed by atoms with Gasteiger partial charge in [0.05, 0.1) is 13.7 Å². The summed E-state index contributed by atoms with van der Waals surface area (Å²) in [5.41, 5.74) is 2.10. The van der Waals surface area contributed by atoms with Crippen LogP contribution < -0.4 is 14.8 Å². The van der Waals surface area contributed by atoms with E-state index < -0.39 is 0 Å². The maximum Gasteiger partial charge on any atom is 0.165 e. The molecule has 2 aromatic rings. The zero-order chi connectivity index (χ0) is 16.5. The molecule has 0 saturated carbocycles. The summed E-state index contributed by atoms with van der Waals surface area (Å²) < 4.78 is 16.2. The molecule has 0 atom stereocenters. The molecule has 2 aromatic carbocycles. The fourth-order valence-electron chi connectivity index (χ4n) is 2.23. The molecule has 0 radical (unpaired) electrons. The molecule has 0 aromatic heterocycles. The van der Waals surface area contributed by atoms with Crippen LogP contribution in [0.15, 0.2) is 42.5 Å². The molecule has 0 aliphatic heterocycles. The lowest BCUT2D eigenvalue weighted by Crippen LogP contribution is -2.15. The standard InChI is InChI=1S/C18H22ClNO3/c1-21-10-11-23-18-15(7-5-9-17(18)22-2)13-20-12-14-6-3-4-8-16(14)19/h3-9,20H,10-13H2,1-2H3. The van der Waals surface area contributed by atoms with Gasteiger partial charge in [0.15, 0.2) is 11.5 Å². The van der Waals surface area contributed by atoms with Gasteiger partial charge in [-0.05, 0) is 17.7 Å². The molecule has 0 aliphatic rings. The first-order valence-corrected chi connectivity index (χ1v) is 7.85. The average Bonchev–Trinajstić information content (AvgIpc) is 2.57. The lowest BCUT2D eigenvalue weighted by molar-refractivity contribution is 0.143. The van der Waals surface area contributed by atoms with Crippen molar-refractivity contribution in [2.24, 2.45) is 0 Å². The van der Waals surface area contributed by atoms with Gasteiger partial charge in [0.25, 0.3) is 0 Å². The van der Waals surface area contributed by atoms with Crippen LogP contribution >= 0.6 is 11.6 Å². The Morgan fingerprint density at radius 3 is 2.39 bits per heavy atom. The second kappa shape index (κ2) is 9.40. The zero-order valence-corrected chi connectivity index (χ0v) is 14.2. The predicted molar refractivity (Wildman–Crippen MR) is 92.4 cm³/mol. The minimum absolute atomic E-state index is 0.481. The highest BCUT2D eigenvalue weighted by Gasteiger charge is 2.10. The lowest BCUT2D eigenvalue weighted by Gasteiger charge is -2.15. The van der Waals surface area contributed by atoms with Crippen LogP contribution in [0.1, 0.15) is 11.1 Å². The van der Waals surface area contributed by atoms with Crippen LogP contribution in [0.25, 0.3) is 0 Å². The molecular weight excluding hydrogens is 314 g/mol. The number of halogens is 1. The van der Waals surface area contributed by atoms with E-state index in [0.717, 1.165) is 27.6 Å². The highest BCUT2D eigenvalue weighted by atomic mass is 35.5. The monoisotopic (exact) mass is 335 g/mol. The van der Waals surface area contributed by atoms with Crippen LogP contribution in [-0.2, 0) is 17.8 Å². The van der Waals surface area contributed by atoms with Crippen LogP contribution in [0.5, 0.6) is 11.5 Å². The number of hydrogen-bond donors (Lipinski definition) is 1.